The highest BCUT2D eigenvalue weighted by Gasteiger charge is 2.18. The van der Waals surface area contributed by atoms with Crippen molar-refractivity contribution in [1.82, 2.24) is 15.8 Å². The number of piperazine rings is 1. The standard InChI is InChI=1S/C22H24N4O2S/c27-21(23-24-22(28)20-16-17-6-4-5-9-19(17)29-20)10-11-25-12-14-26(15-13-25)18-7-2-1-3-8-18/h1-9,16H,10-15H2,(H,23,27)(H,24,28). The lowest BCUT2D eigenvalue weighted by molar-refractivity contribution is -0.122. The molecule has 1 fully saturated rings. The zero-order chi connectivity index (χ0) is 20.1. The summed E-state index contributed by atoms with van der Waals surface area (Å²) in [4.78, 5) is 29.6. The van der Waals surface area contributed by atoms with Crippen LogP contribution >= 0.6 is 11.3 Å². The van der Waals surface area contributed by atoms with Gasteiger partial charge in [0, 0.05) is 49.5 Å². The van der Waals surface area contributed by atoms with Gasteiger partial charge in [0.1, 0.15) is 0 Å². The van der Waals surface area contributed by atoms with Gasteiger partial charge >= 0.3 is 0 Å². The summed E-state index contributed by atoms with van der Waals surface area (Å²) in [6.07, 6.45) is 0.359. The van der Waals surface area contributed by atoms with E-state index in [0.717, 1.165) is 36.3 Å². The Hall–Kier alpha value is -2.90. The van der Waals surface area contributed by atoms with Gasteiger partial charge in [-0.15, -0.1) is 11.3 Å². The van der Waals surface area contributed by atoms with Gasteiger partial charge in [0.2, 0.25) is 5.91 Å². The Bertz CT molecular complexity index is 948. The molecule has 0 unspecified atom stereocenters. The number of rotatable bonds is 5. The van der Waals surface area contributed by atoms with Crippen molar-refractivity contribution in [3.63, 3.8) is 0 Å². The lowest BCUT2D eigenvalue weighted by Gasteiger charge is -2.36. The third kappa shape index (κ3) is 4.93. The van der Waals surface area contributed by atoms with Crippen molar-refractivity contribution in [3.05, 3.63) is 65.5 Å². The Morgan fingerprint density at radius 1 is 0.897 bits per heavy atom. The van der Waals surface area contributed by atoms with Gasteiger partial charge in [-0.3, -0.25) is 25.3 Å². The Kier molecular flexibility index (Phi) is 6.07. The van der Waals surface area contributed by atoms with Crippen molar-refractivity contribution >= 4 is 38.9 Å². The molecule has 6 nitrogen and oxygen atoms in total. The van der Waals surface area contributed by atoms with Gasteiger partial charge in [-0.05, 0) is 29.7 Å². The number of amides is 2. The molecule has 2 heterocycles. The lowest BCUT2D eigenvalue weighted by Crippen LogP contribution is -2.48. The minimum absolute atomic E-state index is 0.176. The van der Waals surface area contributed by atoms with E-state index in [0.29, 0.717) is 17.8 Å². The zero-order valence-electron chi connectivity index (χ0n) is 16.1. The number of carbonyl (C=O) groups excluding carboxylic acids is 2. The summed E-state index contributed by atoms with van der Waals surface area (Å²) in [5.41, 5.74) is 6.30. The Labute approximate surface area is 174 Å². The molecule has 0 saturated carbocycles. The minimum atomic E-state index is -0.281. The summed E-state index contributed by atoms with van der Waals surface area (Å²) in [7, 11) is 0. The molecular weight excluding hydrogens is 384 g/mol. The Balaban J connectivity index is 1.18. The van der Waals surface area contributed by atoms with E-state index < -0.39 is 0 Å². The smallest absolute Gasteiger partial charge is 0.279 e. The van der Waals surface area contributed by atoms with Gasteiger partial charge in [-0.2, -0.15) is 0 Å². The van der Waals surface area contributed by atoms with Crippen LogP contribution in [0.2, 0.25) is 0 Å². The number of benzene rings is 2. The maximum Gasteiger partial charge on any atom is 0.279 e. The van der Waals surface area contributed by atoms with E-state index in [1.165, 1.54) is 17.0 Å². The topological polar surface area (TPSA) is 64.7 Å². The first kappa shape index (κ1) is 19.4. The molecule has 0 aliphatic carbocycles. The van der Waals surface area contributed by atoms with E-state index in [1.807, 2.05) is 36.4 Å². The van der Waals surface area contributed by atoms with Crippen LogP contribution in [0, 0.1) is 0 Å². The largest absolute Gasteiger partial charge is 0.369 e. The van der Waals surface area contributed by atoms with E-state index in [4.69, 9.17) is 0 Å². The first-order chi connectivity index (χ1) is 14.2. The summed E-state index contributed by atoms with van der Waals surface area (Å²) in [6.45, 7) is 4.45. The first-order valence-corrected chi connectivity index (χ1v) is 10.6. The second-order valence-corrected chi connectivity index (χ2v) is 8.15. The fraction of sp³-hybridized carbons (Fsp3) is 0.273. The van der Waals surface area contributed by atoms with Gasteiger partial charge in [0.05, 0.1) is 4.88 Å². The number of para-hydroxylation sites is 1. The normalized spacial score (nSPS) is 14.7. The summed E-state index contributed by atoms with van der Waals surface area (Å²) in [5, 5.41) is 1.03. The Morgan fingerprint density at radius 3 is 2.38 bits per heavy atom. The number of hydrogen-bond acceptors (Lipinski definition) is 5. The molecule has 0 atom stereocenters. The van der Waals surface area contributed by atoms with Crippen LogP contribution in [0.15, 0.2) is 60.7 Å². The molecule has 2 N–H and O–H groups in total. The summed E-state index contributed by atoms with van der Waals surface area (Å²) in [5.74, 6) is -0.457. The highest BCUT2D eigenvalue weighted by molar-refractivity contribution is 7.20. The van der Waals surface area contributed by atoms with Gasteiger partial charge in [-0.25, -0.2) is 0 Å². The molecular formula is C22H24N4O2S. The quantitative estimate of drug-likeness (QED) is 0.637. The van der Waals surface area contributed by atoms with Crippen LogP contribution in [0.3, 0.4) is 0 Å². The number of thiophene rings is 1. The van der Waals surface area contributed by atoms with Gasteiger partial charge in [-0.1, -0.05) is 36.4 Å². The van der Waals surface area contributed by atoms with Crippen LogP contribution in [0.1, 0.15) is 16.1 Å². The fourth-order valence-electron chi connectivity index (χ4n) is 3.47. The first-order valence-electron chi connectivity index (χ1n) is 9.79. The highest BCUT2D eigenvalue weighted by atomic mass is 32.1. The van der Waals surface area contributed by atoms with Crippen LogP contribution in [0.5, 0.6) is 0 Å². The van der Waals surface area contributed by atoms with Crippen molar-refractivity contribution in [2.24, 2.45) is 0 Å². The molecule has 2 aromatic carbocycles. The number of anilines is 1. The zero-order valence-corrected chi connectivity index (χ0v) is 17.0. The summed E-state index contributed by atoms with van der Waals surface area (Å²) in [6, 6.07) is 20.1. The van der Waals surface area contributed by atoms with E-state index in [9.17, 15) is 9.59 Å². The number of nitrogens with one attached hydrogen (secondary N) is 2. The number of fused-ring (bicyclic) bond motifs is 1. The van der Waals surface area contributed by atoms with Crippen molar-refractivity contribution in [1.29, 1.82) is 0 Å². The van der Waals surface area contributed by atoms with Crippen molar-refractivity contribution in [3.8, 4) is 0 Å². The molecule has 1 aromatic heterocycles. The number of carbonyl (C=O) groups is 2. The molecule has 150 valence electrons. The van der Waals surface area contributed by atoms with Crippen LogP contribution in [-0.2, 0) is 4.79 Å². The van der Waals surface area contributed by atoms with Gasteiger partial charge in [0.15, 0.2) is 0 Å². The highest BCUT2D eigenvalue weighted by Crippen LogP contribution is 2.24. The van der Waals surface area contributed by atoms with Crippen molar-refractivity contribution < 1.29 is 9.59 Å². The second-order valence-electron chi connectivity index (χ2n) is 7.07. The van der Waals surface area contributed by atoms with E-state index in [-0.39, 0.29) is 11.8 Å². The van der Waals surface area contributed by atoms with Crippen molar-refractivity contribution in [2.75, 3.05) is 37.6 Å². The molecule has 1 saturated heterocycles. The number of hydrazine groups is 1. The van der Waals surface area contributed by atoms with E-state index in [2.05, 4.69) is 44.9 Å². The van der Waals surface area contributed by atoms with Crippen molar-refractivity contribution in [2.45, 2.75) is 6.42 Å². The molecule has 1 aliphatic heterocycles. The predicted octanol–water partition coefficient (Wildman–Crippen LogP) is 2.87. The third-order valence-corrected chi connectivity index (χ3v) is 6.23. The molecule has 7 heteroatoms. The predicted molar refractivity (Wildman–Crippen MR) is 117 cm³/mol. The molecule has 0 radical (unpaired) electrons. The SMILES string of the molecule is O=C(CCN1CCN(c2ccccc2)CC1)NNC(=O)c1cc2ccccc2s1. The van der Waals surface area contributed by atoms with Gasteiger partial charge in [0.25, 0.3) is 5.91 Å². The van der Waals surface area contributed by atoms with Gasteiger partial charge < -0.3 is 4.90 Å². The molecule has 2 amide bonds. The lowest BCUT2D eigenvalue weighted by atomic mass is 10.2. The average molecular weight is 409 g/mol. The molecule has 1 aliphatic rings. The number of nitrogens with zero attached hydrogens (tertiary/aromatic N) is 2. The number of hydrogen-bond donors (Lipinski definition) is 2. The fourth-order valence-corrected chi connectivity index (χ4v) is 4.43. The molecule has 0 spiro atoms. The molecule has 29 heavy (non-hydrogen) atoms. The van der Waals surface area contributed by atoms with Crippen LogP contribution in [0.4, 0.5) is 5.69 Å². The third-order valence-electron chi connectivity index (χ3n) is 5.11. The van der Waals surface area contributed by atoms with Crippen LogP contribution in [0.25, 0.3) is 10.1 Å². The summed E-state index contributed by atoms with van der Waals surface area (Å²) >= 11 is 1.42. The minimum Gasteiger partial charge on any atom is -0.369 e. The van der Waals surface area contributed by atoms with Crippen LogP contribution in [-0.4, -0.2) is 49.4 Å². The molecule has 3 aromatic rings. The average Bonchev–Trinajstić information content (AvgIpc) is 3.21. The second kappa shape index (κ2) is 9.07. The maximum atomic E-state index is 12.3. The van der Waals surface area contributed by atoms with E-state index >= 15 is 0 Å². The summed E-state index contributed by atoms with van der Waals surface area (Å²) < 4.78 is 1.05. The Morgan fingerprint density at radius 2 is 1.62 bits per heavy atom. The molecule has 0 bridgehead atoms. The molecule has 4 rings (SSSR count). The monoisotopic (exact) mass is 408 g/mol. The maximum absolute atomic E-state index is 12.3. The van der Waals surface area contributed by atoms with E-state index in [1.54, 1.807) is 0 Å². The van der Waals surface area contributed by atoms with Crippen LogP contribution < -0.4 is 15.8 Å².